The zero-order valence-electron chi connectivity index (χ0n) is 14.8. The lowest BCUT2D eigenvalue weighted by Crippen LogP contribution is -2.64. The molecule has 0 radical (unpaired) electrons. The summed E-state index contributed by atoms with van der Waals surface area (Å²) in [5.41, 5.74) is 0.621. The topological polar surface area (TPSA) is 60.7 Å². The minimum absolute atomic E-state index is 0.0646. The highest BCUT2D eigenvalue weighted by atomic mass is 16.3. The highest BCUT2D eigenvalue weighted by molar-refractivity contribution is 5.28. The van der Waals surface area contributed by atoms with E-state index in [0.29, 0.717) is 18.3 Å². The molecule has 3 nitrogen and oxygen atoms in total. The van der Waals surface area contributed by atoms with E-state index in [9.17, 15) is 15.3 Å². The van der Waals surface area contributed by atoms with E-state index >= 15 is 0 Å². The fourth-order valence-corrected chi connectivity index (χ4v) is 8.05. The first-order valence-electron chi connectivity index (χ1n) is 9.35. The molecule has 4 fully saturated rings. The summed E-state index contributed by atoms with van der Waals surface area (Å²) in [4.78, 5) is 0. The molecular weight excluding hydrogens is 288 g/mol. The largest absolute Gasteiger partial charge is 0.393 e. The molecule has 130 valence electrons. The van der Waals surface area contributed by atoms with E-state index in [1.54, 1.807) is 0 Å². The number of aliphatic hydroxyl groups excluding tert-OH is 3. The van der Waals surface area contributed by atoms with Crippen molar-refractivity contribution < 1.29 is 15.3 Å². The highest BCUT2D eigenvalue weighted by Crippen LogP contribution is 2.71. The second kappa shape index (κ2) is 4.62. The Morgan fingerprint density at radius 2 is 1.65 bits per heavy atom. The highest BCUT2D eigenvalue weighted by Gasteiger charge is 2.69. The van der Waals surface area contributed by atoms with E-state index in [-0.39, 0.29) is 28.3 Å². The van der Waals surface area contributed by atoms with Crippen LogP contribution in [0.15, 0.2) is 12.2 Å². The Morgan fingerprint density at radius 1 is 0.957 bits per heavy atom. The predicted molar refractivity (Wildman–Crippen MR) is 89.7 cm³/mol. The Hall–Kier alpha value is -0.380. The van der Waals surface area contributed by atoms with Gasteiger partial charge in [-0.15, -0.1) is 0 Å². The summed E-state index contributed by atoms with van der Waals surface area (Å²) in [6.07, 6.45) is 4.25. The summed E-state index contributed by atoms with van der Waals surface area (Å²) < 4.78 is 0. The Bertz CT molecular complexity index is 541. The summed E-state index contributed by atoms with van der Waals surface area (Å²) in [6.45, 7) is 10.9. The number of hydrogen-bond acceptors (Lipinski definition) is 3. The van der Waals surface area contributed by atoms with Crippen LogP contribution >= 0.6 is 0 Å². The number of hydrogen-bond donors (Lipinski definition) is 3. The van der Waals surface area contributed by atoms with Crippen LogP contribution < -0.4 is 0 Å². The normalized spacial score (nSPS) is 57.7. The molecule has 0 unspecified atom stereocenters. The quantitative estimate of drug-likeness (QED) is 0.602. The Kier molecular flexibility index (Phi) is 3.23. The molecule has 0 aliphatic heterocycles. The fraction of sp³-hybridized carbons (Fsp3) is 0.900. The van der Waals surface area contributed by atoms with Gasteiger partial charge in [0.15, 0.2) is 0 Å². The standard InChI is InChI=1S/C20H32O3/c1-11-12-5-6-15-19(4)9-13(21)8-18(2,3)16(19)14(22)10-20(15,7-12)17(11)23/h12-17,21-23H,1,5-10H2,2-4H3/t12-,13+,14-,15+,16-,17+,19+,20+/m1/s1. The number of rotatable bonds is 0. The average molecular weight is 320 g/mol. The molecule has 23 heavy (non-hydrogen) atoms. The van der Waals surface area contributed by atoms with E-state index in [1.165, 1.54) is 0 Å². The second-order valence-electron chi connectivity index (χ2n) is 10.0. The van der Waals surface area contributed by atoms with E-state index in [4.69, 9.17) is 0 Å². The summed E-state index contributed by atoms with van der Waals surface area (Å²) >= 11 is 0. The van der Waals surface area contributed by atoms with Crippen molar-refractivity contribution in [1.29, 1.82) is 0 Å². The number of fused-ring (bicyclic) bond motifs is 3. The van der Waals surface area contributed by atoms with Gasteiger partial charge in [-0.1, -0.05) is 27.4 Å². The summed E-state index contributed by atoms with van der Waals surface area (Å²) in [6, 6.07) is 0. The molecule has 8 atom stereocenters. The van der Waals surface area contributed by atoms with Crippen LogP contribution in [0.25, 0.3) is 0 Å². The minimum Gasteiger partial charge on any atom is -0.393 e. The third kappa shape index (κ3) is 1.88. The van der Waals surface area contributed by atoms with Crippen molar-refractivity contribution in [2.45, 2.75) is 77.6 Å². The molecule has 4 aliphatic carbocycles. The van der Waals surface area contributed by atoms with Crippen molar-refractivity contribution in [3.05, 3.63) is 12.2 Å². The van der Waals surface area contributed by atoms with Gasteiger partial charge in [0.2, 0.25) is 0 Å². The van der Waals surface area contributed by atoms with Gasteiger partial charge in [0.25, 0.3) is 0 Å². The molecular formula is C20H32O3. The summed E-state index contributed by atoms with van der Waals surface area (Å²) in [5, 5.41) is 32.7. The van der Waals surface area contributed by atoms with Crippen LogP contribution in [0, 0.1) is 34.0 Å². The van der Waals surface area contributed by atoms with Gasteiger partial charge in [0.1, 0.15) is 0 Å². The van der Waals surface area contributed by atoms with Gasteiger partial charge in [-0.05, 0) is 72.7 Å². The third-order valence-electron chi connectivity index (χ3n) is 8.30. The minimum atomic E-state index is -0.477. The van der Waals surface area contributed by atoms with Crippen LogP contribution in [0.5, 0.6) is 0 Å². The van der Waals surface area contributed by atoms with Gasteiger partial charge in [-0.25, -0.2) is 0 Å². The third-order valence-corrected chi connectivity index (χ3v) is 8.30. The summed E-state index contributed by atoms with van der Waals surface area (Å²) in [5.74, 6) is 1.00. The maximum atomic E-state index is 11.1. The molecule has 0 aromatic heterocycles. The molecule has 4 rings (SSSR count). The summed E-state index contributed by atoms with van der Waals surface area (Å²) in [7, 11) is 0. The molecule has 4 saturated carbocycles. The van der Waals surface area contributed by atoms with Gasteiger partial charge < -0.3 is 15.3 Å². The van der Waals surface area contributed by atoms with E-state index in [0.717, 1.165) is 37.7 Å². The first kappa shape index (κ1) is 16.1. The van der Waals surface area contributed by atoms with Crippen LogP contribution in [-0.2, 0) is 0 Å². The van der Waals surface area contributed by atoms with Crippen molar-refractivity contribution in [1.82, 2.24) is 0 Å². The molecule has 0 aromatic carbocycles. The maximum absolute atomic E-state index is 11.1. The number of aliphatic hydroxyl groups is 3. The monoisotopic (exact) mass is 320 g/mol. The van der Waals surface area contributed by atoms with Gasteiger partial charge in [0, 0.05) is 5.41 Å². The van der Waals surface area contributed by atoms with E-state index in [2.05, 4.69) is 27.4 Å². The van der Waals surface area contributed by atoms with Crippen molar-refractivity contribution in [2.24, 2.45) is 34.0 Å². The first-order chi connectivity index (χ1) is 10.6. The van der Waals surface area contributed by atoms with Crippen LogP contribution in [0.1, 0.15) is 59.3 Å². The SMILES string of the molecule is C=C1[C@@H]2CC[C@H]3[C@]4(C)C[C@@H](O)CC(C)(C)[C@H]4[C@H](O)C[C@]3(C2)[C@H]1O. The van der Waals surface area contributed by atoms with Gasteiger partial charge in [0.05, 0.1) is 18.3 Å². The molecule has 2 bridgehead atoms. The van der Waals surface area contributed by atoms with Gasteiger partial charge in [-0.2, -0.15) is 0 Å². The molecule has 0 amide bonds. The van der Waals surface area contributed by atoms with Crippen molar-refractivity contribution in [2.75, 3.05) is 0 Å². The smallest absolute Gasteiger partial charge is 0.0810 e. The Balaban J connectivity index is 1.83. The van der Waals surface area contributed by atoms with Crippen LogP contribution in [0.3, 0.4) is 0 Å². The van der Waals surface area contributed by atoms with Crippen molar-refractivity contribution in [3.8, 4) is 0 Å². The van der Waals surface area contributed by atoms with Crippen molar-refractivity contribution in [3.63, 3.8) is 0 Å². The fourth-order valence-electron chi connectivity index (χ4n) is 8.05. The maximum Gasteiger partial charge on any atom is 0.0810 e. The molecule has 0 saturated heterocycles. The zero-order chi connectivity index (χ0) is 16.8. The lowest BCUT2D eigenvalue weighted by molar-refractivity contribution is -0.229. The van der Waals surface area contributed by atoms with Crippen LogP contribution in [-0.4, -0.2) is 33.6 Å². The molecule has 3 N–H and O–H groups in total. The van der Waals surface area contributed by atoms with Gasteiger partial charge >= 0.3 is 0 Å². The predicted octanol–water partition coefficient (Wildman–Crippen LogP) is 2.89. The lowest BCUT2D eigenvalue weighted by atomic mass is 9.40. The van der Waals surface area contributed by atoms with Gasteiger partial charge in [-0.3, -0.25) is 0 Å². The lowest BCUT2D eigenvalue weighted by Gasteiger charge is -2.66. The van der Waals surface area contributed by atoms with E-state index < -0.39 is 12.2 Å². The average Bonchev–Trinajstić information content (AvgIpc) is 2.57. The molecule has 3 heteroatoms. The zero-order valence-corrected chi connectivity index (χ0v) is 14.8. The Morgan fingerprint density at radius 3 is 2.35 bits per heavy atom. The van der Waals surface area contributed by atoms with E-state index in [1.807, 2.05) is 0 Å². The van der Waals surface area contributed by atoms with Crippen molar-refractivity contribution >= 4 is 0 Å². The first-order valence-corrected chi connectivity index (χ1v) is 9.35. The second-order valence-corrected chi connectivity index (χ2v) is 10.0. The molecule has 4 aliphatic rings. The van der Waals surface area contributed by atoms with Crippen LogP contribution in [0.4, 0.5) is 0 Å². The van der Waals surface area contributed by atoms with Crippen LogP contribution in [0.2, 0.25) is 0 Å². The molecule has 1 spiro atoms. The Labute approximate surface area is 139 Å². The molecule has 0 aromatic rings. The molecule has 0 heterocycles.